The molecule has 64 valence electrons. The minimum absolute atomic E-state index is 0.0394. The molecule has 1 saturated heterocycles. The second kappa shape index (κ2) is 2.91. The summed E-state index contributed by atoms with van der Waals surface area (Å²) >= 11 is 0. The van der Waals surface area contributed by atoms with Crippen LogP contribution in [0.3, 0.4) is 0 Å². The van der Waals surface area contributed by atoms with Crippen LogP contribution < -0.4 is 0 Å². The fourth-order valence-corrected chi connectivity index (χ4v) is 1.18. The molecule has 1 aliphatic heterocycles. The molecule has 0 amide bonds. The minimum atomic E-state index is -0.500. The van der Waals surface area contributed by atoms with Crippen LogP contribution in [0.25, 0.3) is 0 Å². The van der Waals surface area contributed by atoms with Gasteiger partial charge in [0, 0.05) is 6.42 Å². The first kappa shape index (κ1) is 8.68. The van der Waals surface area contributed by atoms with E-state index in [-0.39, 0.29) is 11.9 Å². The highest BCUT2D eigenvalue weighted by atomic mass is 16.7. The molecule has 0 radical (unpaired) electrons. The van der Waals surface area contributed by atoms with Crippen LogP contribution in [0.15, 0.2) is 0 Å². The largest absolute Gasteiger partial charge is 0.348 e. The van der Waals surface area contributed by atoms with Crippen molar-refractivity contribution in [2.24, 2.45) is 0 Å². The van der Waals surface area contributed by atoms with Crippen LogP contribution in [0.4, 0.5) is 0 Å². The number of hydrogen-bond acceptors (Lipinski definition) is 3. The Hall–Kier alpha value is -0.410. The molecule has 1 rings (SSSR count). The molecule has 0 spiro atoms. The van der Waals surface area contributed by atoms with Crippen molar-refractivity contribution in [1.82, 2.24) is 0 Å². The quantitative estimate of drug-likeness (QED) is 0.604. The van der Waals surface area contributed by atoms with Crippen molar-refractivity contribution in [1.29, 1.82) is 0 Å². The Labute approximate surface area is 66.7 Å². The van der Waals surface area contributed by atoms with Gasteiger partial charge in [-0.1, -0.05) is 0 Å². The lowest BCUT2D eigenvalue weighted by atomic mass is 10.2. The van der Waals surface area contributed by atoms with Crippen LogP contribution in [0, 0.1) is 0 Å². The number of ketones is 1. The molecule has 0 bridgehead atoms. The Kier molecular flexibility index (Phi) is 2.30. The smallest absolute Gasteiger partial charge is 0.163 e. The maximum absolute atomic E-state index is 10.7. The molecule has 0 aromatic rings. The molecule has 0 aromatic carbocycles. The molecular weight excluding hydrogens is 144 g/mol. The zero-order chi connectivity index (χ0) is 8.48. The number of hydrogen-bond donors (Lipinski definition) is 0. The van der Waals surface area contributed by atoms with Gasteiger partial charge >= 0.3 is 0 Å². The molecule has 11 heavy (non-hydrogen) atoms. The molecule has 3 heteroatoms. The third-order valence-corrected chi connectivity index (χ3v) is 1.58. The van der Waals surface area contributed by atoms with Gasteiger partial charge in [-0.2, -0.15) is 0 Å². The van der Waals surface area contributed by atoms with E-state index in [2.05, 4.69) is 0 Å². The lowest BCUT2D eigenvalue weighted by Crippen LogP contribution is -2.22. The van der Waals surface area contributed by atoms with Gasteiger partial charge in [0.2, 0.25) is 0 Å². The number of rotatable bonds is 2. The molecule has 0 N–H and O–H groups in total. The van der Waals surface area contributed by atoms with Gasteiger partial charge in [-0.3, -0.25) is 4.79 Å². The van der Waals surface area contributed by atoms with Crippen molar-refractivity contribution in [2.45, 2.75) is 39.1 Å². The fraction of sp³-hybridized carbons (Fsp3) is 0.875. The Balaban J connectivity index is 2.36. The van der Waals surface area contributed by atoms with Gasteiger partial charge in [0.1, 0.15) is 5.78 Å². The van der Waals surface area contributed by atoms with Gasteiger partial charge in [0.15, 0.2) is 5.79 Å². The number of carbonyl (C=O) groups excluding carboxylic acids is 1. The van der Waals surface area contributed by atoms with Gasteiger partial charge in [-0.15, -0.1) is 0 Å². The van der Waals surface area contributed by atoms with Crippen LogP contribution in [0.1, 0.15) is 27.2 Å². The maximum Gasteiger partial charge on any atom is 0.163 e. The van der Waals surface area contributed by atoms with Crippen LogP contribution in [-0.4, -0.2) is 24.3 Å². The summed E-state index contributed by atoms with van der Waals surface area (Å²) in [6.07, 6.45) is 0.422. The van der Waals surface area contributed by atoms with Crippen molar-refractivity contribution in [3.8, 4) is 0 Å². The third-order valence-electron chi connectivity index (χ3n) is 1.58. The summed E-state index contributed by atoms with van der Waals surface area (Å²) in [7, 11) is 0. The normalized spacial score (nSPS) is 28.8. The molecular formula is C8H14O3. The highest BCUT2D eigenvalue weighted by molar-refractivity contribution is 5.76. The predicted octanol–water partition coefficient (Wildman–Crippen LogP) is 1.12. The summed E-state index contributed by atoms with van der Waals surface area (Å²) in [6, 6.07) is 0. The molecule has 0 aromatic heterocycles. The number of Topliss-reactive ketones (excluding diaryl/α,β-unsaturated/α-hetero) is 1. The SMILES string of the molecule is CC(=O)C[C@@H]1COC(C)(C)O1. The zero-order valence-corrected chi connectivity index (χ0v) is 7.22. The van der Waals surface area contributed by atoms with Crippen LogP contribution in [0.5, 0.6) is 0 Å². The Morgan fingerprint density at radius 1 is 1.64 bits per heavy atom. The fourth-order valence-electron chi connectivity index (χ4n) is 1.18. The lowest BCUT2D eigenvalue weighted by molar-refractivity contribution is -0.141. The van der Waals surface area contributed by atoms with Crippen molar-refractivity contribution < 1.29 is 14.3 Å². The molecule has 1 aliphatic rings. The highest BCUT2D eigenvalue weighted by Gasteiger charge is 2.32. The summed E-state index contributed by atoms with van der Waals surface area (Å²) in [5.41, 5.74) is 0. The maximum atomic E-state index is 10.7. The second-order valence-electron chi connectivity index (χ2n) is 3.36. The summed E-state index contributed by atoms with van der Waals surface area (Å²) < 4.78 is 10.7. The van der Waals surface area contributed by atoms with Crippen LogP contribution in [0.2, 0.25) is 0 Å². The van der Waals surface area contributed by atoms with E-state index >= 15 is 0 Å². The molecule has 1 atom stereocenters. The summed E-state index contributed by atoms with van der Waals surface area (Å²) in [5.74, 6) is -0.351. The summed E-state index contributed by atoms with van der Waals surface area (Å²) in [4.78, 5) is 10.7. The van der Waals surface area contributed by atoms with Crippen molar-refractivity contribution in [3.05, 3.63) is 0 Å². The van der Waals surface area contributed by atoms with Gasteiger partial charge in [-0.05, 0) is 20.8 Å². The summed E-state index contributed by atoms with van der Waals surface area (Å²) in [6.45, 7) is 5.81. The first-order chi connectivity index (χ1) is 4.99. The molecule has 0 aliphatic carbocycles. The zero-order valence-electron chi connectivity index (χ0n) is 7.22. The van der Waals surface area contributed by atoms with E-state index in [1.807, 2.05) is 13.8 Å². The monoisotopic (exact) mass is 158 g/mol. The third kappa shape index (κ3) is 2.60. The Morgan fingerprint density at radius 3 is 2.64 bits per heavy atom. The predicted molar refractivity (Wildman–Crippen MR) is 40.2 cm³/mol. The topological polar surface area (TPSA) is 35.5 Å². The van der Waals surface area contributed by atoms with Gasteiger partial charge in [0.05, 0.1) is 12.7 Å². The molecule has 1 fully saturated rings. The average molecular weight is 158 g/mol. The number of ether oxygens (including phenoxy) is 2. The first-order valence-electron chi connectivity index (χ1n) is 3.81. The van der Waals surface area contributed by atoms with E-state index in [1.54, 1.807) is 6.92 Å². The van der Waals surface area contributed by atoms with Crippen LogP contribution >= 0.6 is 0 Å². The second-order valence-corrected chi connectivity index (χ2v) is 3.36. The van der Waals surface area contributed by atoms with Gasteiger partial charge < -0.3 is 9.47 Å². The van der Waals surface area contributed by atoms with E-state index in [4.69, 9.17) is 9.47 Å². The van der Waals surface area contributed by atoms with E-state index in [0.717, 1.165) is 0 Å². The van der Waals surface area contributed by atoms with E-state index in [9.17, 15) is 4.79 Å². The van der Waals surface area contributed by atoms with Crippen molar-refractivity contribution >= 4 is 5.78 Å². The first-order valence-corrected chi connectivity index (χ1v) is 3.81. The Bertz CT molecular complexity index is 163. The molecule has 1 heterocycles. The van der Waals surface area contributed by atoms with Gasteiger partial charge in [-0.25, -0.2) is 0 Å². The lowest BCUT2D eigenvalue weighted by Gasteiger charge is -2.16. The standard InChI is InChI=1S/C8H14O3/c1-6(9)4-7-5-10-8(2,3)11-7/h7H,4-5H2,1-3H3/t7-/m1/s1. The van der Waals surface area contributed by atoms with E-state index in [1.165, 1.54) is 0 Å². The number of carbonyl (C=O) groups is 1. The van der Waals surface area contributed by atoms with E-state index < -0.39 is 5.79 Å². The van der Waals surface area contributed by atoms with Crippen molar-refractivity contribution in [3.63, 3.8) is 0 Å². The van der Waals surface area contributed by atoms with Crippen LogP contribution in [-0.2, 0) is 14.3 Å². The molecule has 3 nitrogen and oxygen atoms in total. The highest BCUT2D eigenvalue weighted by Crippen LogP contribution is 2.23. The van der Waals surface area contributed by atoms with E-state index in [0.29, 0.717) is 13.0 Å². The Morgan fingerprint density at radius 2 is 2.27 bits per heavy atom. The average Bonchev–Trinajstić information content (AvgIpc) is 2.08. The van der Waals surface area contributed by atoms with Crippen molar-refractivity contribution in [2.75, 3.05) is 6.61 Å². The molecule has 0 unspecified atom stereocenters. The summed E-state index contributed by atoms with van der Waals surface area (Å²) in [5, 5.41) is 0. The molecule has 0 saturated carbocycles. The minimum Gasteiger partial charge on any atom is -0.348 e. The van der Waals surface area contributed by atoms with Gasteiger partial charge in [0.25, 0.3) is 0 Å².